The average Bonchev–Trinajstić information content (AvgIpc) is 2.43. The third-order valence-electron chi connectivity index (χ3n) is 2.99. The van der Waals surface area contributed by atoms with Crippen LogP contribution in [-0.4, -0.2) is 6.54 Å². The molecule has 0 saturated carbocycles. The maximum atomic E-state index is 13.0. The number of benzene rings is 2. The fraction of sp³-hybridized carbons (Fsp3) is 0.250. The maximum Gasteiger partial charge on any atom is 0.141 e. The van der Waals surface area contributed by atoms with E-state index < -0.39 is 0 Å². The number of hydrogen-bond donors (Lipinski definition) is 1. The van der Waals surface area contributed by atoms with E-state index in [1.807, 2.05) is 18.2 Å². The van der Waals surface area contributed by atoms with Crippen LogP contribution in [0.4, 0.5) is 4.39 Å². The highest BCUT2D eigenvalue weighted by molar-refractivity contribution is 9.10. The second kappa shape index (κ2) is 6.86. The van der Waals surface area contributed by atoms with E-state index >= 15 is 0 Å². The Kier molecular flexibility index (Phi) is 5.15. The van der Waals surface area contributed by atoms with E-state index in [0.717, 1.165) is 17.9 Å². The van der Waals surface area contributed by atoms with Crippen LogP contribution < -0.4 is 10.1 Å². The Morgan fingerprint density at radius 3 is 2.75 bits per heavy atom. The Morgan fingerprint density at radius 2 is 2.05 bits per heavy atom. The molecule has 2 aromatic carbocycles. The van der Waals surface area contributed by atoms with Gasteiger partial charge < -0.3 is 10.1 Å². The second-order valence-electron chi connectivity index (χ2n) is 4.53. The summed E-state index contributed by atoms with van der Waals surface area (Å²) in [6.45, 7) is 5.10. The topological polar surface area (TPSA) is 21.3 Å². The molecule has 0 radical (unpaired) electrons. The molecule has 0 aliphatic rings. The summed E-state index contributed by atoms with van der Waals surface area (Å²) in [7, 11) is 0. The second-order valence-corrected chi connectivity index (χ2v) is 5.38. The van der Waals surface area contributed by atoms with Crippen LogP contribution in [0.15, 0.2) is 46.9 Å². The van der Waals surface area contributed by atoms with Gasteiger partial charge in [-0.2, -0.15) is 0 Å². The van der Waals surface area contributed by atoms with Gasteiger partial charge in [0, 0.05) is 6.04 Å². The van der Waals surface area contributed by atoms with Gasteiger partial charge in [-0.05, 0) is 65.3 Å². The summed E-state index contributed by atoms with van der Waals surface area (Å²) in [6, 6.07) is 12.5. The first-order chi connectivity index (χ1) is 9.60. The zero-order chi connectivity index (χ0) is 14.5. The number of ether oxygens (including phenoxy) is 1. The monoisotopic (exact) mass is 337 g/mol. The number of nitrogens with one attached hydrogen (secondary N) is 1. The van der Waals surface area contributed by atoms with E-state index in [2.05, 4.69) is 41.2 Å². The van der Waals surface area contributed by atoms with Gasteiger partial charge in [-0.25, -0.2) is 4.39 Å². The number of hydrogen-bond acceptors (Lipinski definition) is 2. The zero-order valence-electron chi connectivity index (χ0n) is 11.5. The Bertz CT molecular complexity index is 588. The summed E-state index contributed by atoms with van der Waals surface area (Å²) in [4.78, 5) is 0. The molecule has 0 spiro atoms. The lowest BCUT2D eigenvalue weighted by Gasteiger charge is -2.14. The Morgan fingerprint density at radius 1 is 1.25 bits per heavy atom. The summed E-state index contributed by atoms with van der Waals surface area (Å²) < 4.78 is 19.4. The molecular weight excluding hydrogens is 321 g/mol. The van der Waals surface area contributed by atoms with Crippen LogP contribution in [0.3, 0.4) is 0 Å². The first-order valence-corrected chi connectivity index (χ1v) is 7.35. The lowest BCUT2D eigenvalue weighted by molar-refractivity contribution is 0.475. The third kappa shape index (κ3) is 3.81. The molecule has 0 bridgehead atoms. The number of halogens is 2. The highest BCUT2D eigenvalue weighted by Crippen LogP contribution is 2.31. The van der Waals surface area contributed by atoms with Crippen LogP contribution >= 0.6 is 15.9 Å². The molecule has 2 aromatic rings. The fourth-order valence-electron chi connectivity index (χ4n) is 1.96. The summed E-state index contributed by atoms with van der Waals surface area (Å²) in [5.41, 5.74) is 1.16. The van der Waals surface area contributed by atoms with Gasteiger partial charge >= 0.3 is 0 Å². The summed E-state index contributed by atoms with van der Waals surface area (Å²) in [5.74, 6) is 1.04. The molecule has 0 aliphatic carbocycles. The molecule has 0 aliphatic heterocycles. The Balaban J connectivity index is 2.19. The largest absolute Gasteiger partial charge is 0.456 e. The van der Waals surface area contributed by atoms with E-state index in [1.165, 1.54) is 12.1 Å². The molecule has 0 saturated heterocycles. The SMILES string of the molecule is CCNC(C)c1cccc(Oc2ccc(F)cc2Br)c1. The van der Waals surface area contributed by atoms with E-state index in [1.54, 1.807) is 6.07 Å². The summed E-state index contributed by atoms with van der Waals surface area (Å²) in [5, 5.41) is 3.36. The number of rotatable bonds is 5. The maximum absolute atomic E-state index is 13.0. The van der Waals surface area contributed by atoms with Crippen molar-refractivity contribution in [3.8, 4) is 11.5 Å². The van der Waals surface area contributed by atoms with E-state index in [4.69, 9.17) is 4.74 Å². The molecule has 0 aromatic heterocycles. The van der Waals surface area contributed by atoms with Gasteiger partial charge in [-0.15, -0.1) is 0 Å². The van der Waals surface area contributed by atoms with Crippen LogP contribution in [-0.2, 0) is 0 Å². The zero-order valence-corrected chi connectivity index (χ0v) is 13.1. The minimum atomic E-state index is -0.293. The minimum absolute atomic E-state index is 0.264. The first-order valence-electron chi connectivity index (χ1n) is 6.56. The smallest absolute Gasteiger partial charge is 0.141 e. The van der Waals surface area contributed by atoms with Gasteiger partial charge in [-0.1, -0.05) is 19.1 Å². The van der Waals surface area contributed by atoms with Crippen molar-refractivity contribution in [1.29, 1.82) is 0 Å². The van der Waals surface area contributed by atoms with Crippen LogP contribution in [0.25, 0.3) is 0 Å². The standard InChI is InChI=1S/C16H17BrFNO/c1-3-19-11(2)12-5-4-6-14(9-12)20-16-8-7-13(18)10-15(16)17/h4-11,19H,3H2,1-2H3. The van der Waals surface area contributed by atoms with E-state index in [9.17, 15) is 4.39 Å². The summed E-state index contributed by atoms with van der Waals surface area (Å²) in [6.07, 6.45) is 0. The van der Waals surface area contributed by atoms with Crippen molar-refractivity contribution in [1.82, 2.24) is 5.32 Å². The molecule has 20 heavy (non-hydrogen) atoms. The molecule has 0 fully saturated rings. The van der Waals surface area contributed by atoms with Crippen LogP contribution in [0.1, 0.15) is 25.5 Å². The van der Waals surface area contributed by atoms with Gasteiger partial charge in [0.25, 0.3) is 0 Å². The molecule has 106 valence electrons. The summed E-state index contributed by atoms with van der Waals surface area (Å²) >= 11 is 3.30. The predicted molar refractivity (Wildman–Crippen MR) is 82.7 cm³/mol. The molecule has 0 amide bonds. The Hall–Kier alpha value is -1.39. The quantitative estimate of drug-likeness (QED) is 0.824. The van der Waals surface area contributed by atoms with Crippen molar-refractivity contribution in [2.24, 2.45) is 0 Å². The minimum Gasteiger partial charge on any atom is -0.456 e. The first kappa shape index (κ1) is 15.0. The molecular formula is C16H17BrFNO. The fourth-order valence-corrected chi connectivity index (χ4v) is 2.39. The molecule has 1 unspecified atom stereocenters. The molecule has 1 atom stereocenters. The van der Waals surface area contributed by atoms with Crippen molar-refractivity contribution in [2.45, 2.75) is 19.9 Å². The Labute approximate surface area is 127 Å². The molecule has 1 N–H and O–H groups in total. The van der Waals surface area contributed by atoms with Crippen LogP contribution in [0, 0.1) is 5.82 Å². The van der Waals surface area contributed by atoms with Crippen molar-refractivity contribution >= 4 is 15.9 Å². The molecule has 2 nitrogen and oxygen atoms in total. The highest BCUT2D eigenvalue weighted by Gasteiger charge is 2.07. The third-order valence-corrected chi connectivity index (χ3v) is 3.61. The molecule has 2 rings (SSSR count). The van der Waals surface area contributed by atoms with E-state index in [-0.39, 0.29) is 11.9 Å². The van der Waals surface area contributed by atoms with Crippen LogP contribution in [0.5, 0.6) is 11.5 Å². The van der Waals surface area contributed by atoms with Gasteiger partial charge in [0.1, 0.15) is 17.3 Å². The highest BCUT2D eigenvalue weighted by atomic mass is 79.9. The lowest BCUT2D eigenvalue weighted by Crippen LogP contribution is -2.17. The van der Waals surface area contributed by atoms with Crippen molar-refractivity contribution in [3.63, 3.8) is 0 Å². The van der Waals surface area contributed by atoms with Gasteiger partial charge in [-0.3, -0.25) is 0 Å². The normalized spacial score (nSPS) is 12.2. The van der Waals surface area contributed by atoms with Gasteiger partial charge in [0.05, 0.1) is 4.47 Å². The lowest BCUT2D eigenvalue weighted by atomic mass is 10.1. The van der Waals surface area contributed by atoms with Gasteiger partial charge in [0.15, 0.2) is 0 Å². The molecule has 4 heteroatoms. The van der Waals surface area contributed by atoms with Crippen molar-refractivity contribution in [3.05, 3.63) is 58.3 Å². The van der Waals surface area contributed by atoms with Crippen molar-refractivity contribution in [2.75, 3.05) is 6.54 Å². The van der Waals surface area contributed by atoms with Gasteiger partial charge in [0.2, 0.25) is 0 Å². The average molecular weight is 338 g/mol. The molecule has 0 heterocycles. The van der Waals surface area contributed by atoms with Crippen molar-refractivity contribution < 1.29 is 9.13 Å². The predicted octanol–water partition coefficient (Wildman–Crippen LogP) is 5.05. The van der Waals surface area contributed by atoms with E-state index in [0.29, 0.717) is 10.2 Å². The van der Waals surface area contributed by atoms with Crippen LogP contribution in [0.2, 0.25) is 0 Å².